The Balaban J connectivity index is 2.35. The quantitative estimate of drug-likeness (QED) is 0.866. The third kappa shape index (κ3) is 3.93. The summed E-state index contributed by atoms with van der Waals surface area (Å²) in [6.07, 6.45) is -0.435. The van der Waals surface area contributed by atoms with Crippen LogP contribution in [0.4, 0.5) is 0 Å². The van der Waals surface area contributed by atoms with Gasteiger partial charge in [0.1, 0.15) is 0 Å². The number of rotatable bonds is 6. The van der Waals surface area contributed by atoms with Gasteiger partial charge >= 0.3 is 0 Å². The molecule has 0 aliphatic heterocycles. The lowest BCUT2D eigenvalue weighted by Crippen LogP contribution is -2.34. The Kier molecular flexibility index (Phi) is 4.95. The second kappa shape index (κ2) is 6.72. The van der Waals surface area contributed by atoms with Crippen LogP contribution in [-0.2, 0) is 14.8 Å². The number of carbonyl (C=O) groups excluding carboxylic acids is 1. The van der Waals surface area contributed by atoms with E-state index < -0.39 is 28.5 Å². The molecule has 0 heterocycles. The molecule has 2 aromatic carbocycles. The second-order valence-electron chi connectivity index (χ2n) is 4.93. The van der Waals surface area contributed by atoms with Crippen molar-refractivity contribution in [1.29, 1.82) is 0 Å². The molecule has 0 aliphatic carbocycles. The molecule has 0 spiro atoms. The molecule has 1 unspecified atom stereocenters. The molecule has 2 rings (SSSR count). The fourth-order valence-corrected chi connectivity index (χ4v) is 3.66. The Morgan fingerprint density at radius 1 is 1.09 bits per heavy atom. The third-order valence-corrected chi connectivity index (χ3v) is 4.89. The number of hydrogen-bond donors (Lipinski definition) is 1. The number of sulfonamides is 1. The number of nitrogens with one attached hydrogen (secondary N) is 1. The normalized spacial score (nSPS) is 12.8. The van der Waals surface area contributed by atoms with E-state index in [1.54, 1.807) is 55.5 Å². The molecule has 116 valence electrons. The van der Waals surface area contributed by atoms with E-state index in [9.17, 15) is 18.3 Å². The molecule has 0 fully saturated rings. The first-order valence-electron chi connectivity index (χ1n) is 6.73. The van der Waals surface area contributed by atoms with E-state index in [-0.39, 0.29) is 4.90 Å². The van der Waals surface area contributed by atoms with Gasteiger partial charge in [-0.25, -0.2) is 13.1 Å². The van der Waals surface area contributed by atoms with Crippen LogP contribution in [0.2, 0.25) is 0 Å². The highest BCUT2D eigenvalue weighted by molar-refractivity contribution is 7.89. The van der Waals surface area contributed by atoms with Crippen LogP contribution < -0.4 is 9.83 Å². The molecule has 0 aliphatic rings. The molecule has 22 heavy (non-hydrogen) atoms. The third-order valence-electron chi connectivity index (χ3n) is 3.25. The van der Waals surface area contributed by atoms with Crippen molar-refractivity contribution in [2.45, 2.75) is 24.3 Å². The van der Waals surface area contributed by atoms with Crippen LogP contribution in [0.1, 0.15) is 23.6 Å². The summed E-state index contributed by atoms with van der Waals surface area (Å²) in [6.45, 7) is 1.69. The minimum absolute atomic E-state index is 0.134. The van der Waals surface area contributed by atoms with Crippen molar-refractivity contribution in [3.05, 3.63) is 65.7 Å². The average molecular weight is 318 g/mol. The van der Waals surface area contributed by atoms with E-state index in [0.717, 1.165) is 0 Å². The Hall–Kier alpha value is -2.18. The second-order valence-corrected chi connectivity index (χ2v) is 6.61. The van der Waals surface area contributed by atoms with Crippen molar-refractivity contribution < 1.29 is 18.3 Å². The number of carboxylic acids is 1. The van der Waals surface area contributed by atoms with Crippen molar-refractivity contribution >= 4 is 16.0 Å². The maximum Gasteiger partial charge on any atom is 0.241 e. The standard InChI is InChI=1S/C16H17NO4S/c1-12-7-5-6-10-15(12)22(20,21)17-14(11-16(18)19)13-8-3-2-4-9-13/h2-10,14,17H,11H2,1H3,(H,18,19)/p-1. The van der Waals surface area contributed by atoms with Crippen LogP contribution in [0.15, 0.2) is 59.5 Å². The van der Waals surface area contributed by atoms with Crippen molar-refractivity contribution in [3.63, 3.8) is 0 Å². The van der Waals surface area contributed by atoms with Crippen molar-refractivity contribution in [2.24, 2.45) is 0 Å². The Labute approximate surface area is 129 Å². The van der Waals surface area contributed by atoms with Gasteiger partial charge in [-0.1, -0.05) is 48.5 Å². The molecule has 5 nitrogen and oxygen atoms in total. The highest BCUT2D eigenvalue weighted by atomic mass is 32.2. The monoisotopic (exact) mass is 318 g/mol. The van der Waals surface area contributed by atoms with Gasteiger partial charge in [-0.3, -0.25) is 0 Å². The zero-order chi connectivity index (χ0) is 16.2. The van der Waals surface area contributed by atoms with E-state index in [0.29, 0.717) is 11.1 Å². The number of hydrogen-bond acceptors (Lipinski definition) is 4. The van der Waals surface area contributed by atoms with Gasteiger partial charge in [0.15, 0.2) is 0 Å². The van der Waals surface area contributed by atoms with Gasteiger partial charge in [0.05, 0.1) is 10.9 Å². The summed E-state index contributed by atoms with van der Waals surface area (Å²) in [5.41, 5.74) is 1.17. The predicted molar refractivity (Wildman–Crippen MR) is 80.3 cm³/mol. The molecular formula is C16H16NO4S-. The first kappa shape index (κ1) is 16.2. The molecule has 0 amide bonds. The fourth-order valence-electron chi connectivity index (χ4n) is 2.19. The highest BCUT2D eigenvalue weighted by Crippen LogP contribution is 2.21. The number of carbonyl (C=O) groups is 1. The number of aliphatic carboxylic acids is 1. The molecule has 0 radical (unpaired) electrons. The molecule has 0 saturated carbocycles. The molecule has 1 N–H and O–H groups in total. The molecule has 0 bridgehead atoms. The van der Waals surface area contributed by atoms with Gasteiger partial charge in [0.25, 0.3) is 0 Å². The Morgan fingerprint density at radius 2 is 1.68 bits per heavy atom. The lowest BCUT2D eigenvalue weighted by molar-refractivity contribution is -0.306. The zero-order valence-electron chi connectivity index (χ0n) is 12.0. The summed E-state index contributed by atoms with van der Waals surface area (Å²) in [6, 6.07) is 14.2. The Morgan fingerprint density at radius 3 is 2.27 bits per heavy atom. The molecular weight excluding hydrogens is 302 g/mol. The first-order chi connectivity index (χ1) is 10.4. The minimum atomic E-state index is -3.83. The molecule has 6 heteroatoms. The predicted octanol–water partition coefficient (Wildman–Crippen LogP) is 1.15. The van der Waals surface area contributed by atoms with Crippen molar-refractivity contribution in [2.75, 3.05) is 0 Å². The van der Waals surface area contributed by atoms with E-state index in [1.165, 1.54) is 6.07 Å². The van der Waals surface area contributed by atoms with Gasteiger partial charge in [-0.2, -0.15) is 0 Å². The first-order valence-corrected chi connectivity index (χ1v) is 8.21. The Bertz CT molecular complexity index is 757. The van der Waals surface area contributed by atoms with Crippen molar-refractivity contribution in [3.8, 4) is 0 Å². The number of benzene rings is 2. The lowest BCUT2D eigenvalue weighted by atomic mass is 10.1. The molecule has 1 atom stereocenters. The van der Waals surface area contributed by atoms with Crippen LogP contribution in [0.3, 0.4) is 0 Å². The van der Waals surface area contributed by atoms with Gasteiger partial charge in [-0.15, -0.1) is 0 Å². The molecule has 0 saturated heterocycles. The summed E-state index contributed by atoms with van der Waals surface area (Å²) in [4.78, 5) is 11.1. The van der Waals surface area contributed by atoms with Gasteiger partial charge in [0, 0.05) is 12.4 Å². The largest absolute Gasteiger partial charge is 0.550 e. The van der Waals surface area contributed by atoms with E-state index in [2.05, 4.69) is 4.72 Å². The lowest BCUT2D eigenvalue weighted by Gasteiger charge is -2.20. The van der Waals surface area contributed by atoms with E-state index >= 15 is 0 Å². The van der Waals surface area contributed by atoms with Crippen LogP contribution in [0.5, 0.6) is 0 Å². The van der Waals surface area contributed by atoms with E-state index in [4.69, 9.17) is 0 Å². The smallest absolute Gasteiger partial charge is 0.241 e. The topological polar surface area (TPSA) is 86.3 Å². The maximum absolute atomic E-state index is 12.5. The SMILES string of the molecule is Cc1ccccc1S(=O)(=O)NC(CC(=O)[O-])c1ccccc1. The summed E-state index contributed by atoms with van der Waals surface area (Å²) >= 11 is 0. The van der Waals surface area contributed by atoms with Gasteiger partial charge < -0.3 is 9.90 Å². The highest BCUT2D eigenvalue weighted by Gasteiger charge is 2.22. The fraction of sp³-hybridized carbons (Fsp3) is 0.188. The summed E-state index contributed by atoms with van der Waals surface area (Å²) in [5, 5.41) is 10.9. The number of carboxylic acid groups (broad SMARTS) is 1. The minimum Gasteiger partial charge on any atom is -0.550 e. The molecule has 0 aromatic heterocycles. The van der Waals surface area contributed by atoms with Crippen LogP contribution in [0, 0.1) is 6.92 Å². The zero-order valence-corrected chi connectivity index (χ0v) is 12.8. The maximum atomic E-state index is 12.5. The summed E-state index contributed by atoms with van der Waals surface area (Å²) in [7, 11) is -3.83. The summed E-state index contributed by atoms with van der Waals surface area (Å²) < 4.78 is 27.4. The van der Waals surface area contributed by atoms with Gasteiger partial charge in [0.2, 0.25) is 10.0 Å². The van der Waals surface area contributed by atoms with Crippen LogP contribution in [0.25, 0.3) is 0 Å². The van der Waals surface area contributed by atoms with Crippen LogP contribution in [-0.4, -0.2) is 14.4 Å². The summed E-state index contributed by atoms with van der Waals surface area (Å²) in [5.74, 6) is -1.32. The van der Waals surface area contributed by atoms with E-state index in [1.807, 2.05) is 0 Å². The van der Waals surface area contributed by atoms with Crippen molar-refractivity contribution in [1.82, 2.24) is 4.72 Å². The van der Waals surface area contributed by atoms with Gasteiger partial charge in [-0.05, 0) is 24.1 Å². The number of aryl methyl sites for hydroxylation is 1. The van der Waals surface area contributed by atoms with Crippen LogP contribution >= 0.6 is 0 Å². The molecule has 2 aromatic rings. The average Bonchev–Trinajstić information content (AvgIpc) is 2.47.